The van der Waals surface area contributed by atoms with Crippen molar-refractivity contribution in [1.82, 2.24) is 5.06 Å². The zero-order chi connectivity index (χ0) is 10.8. The van der Waals surface area contributed by atoms with E-state index in [0.717, 1.165) is 19.3 Å². The van der Waals surface area contributed by atoms with Crippen LogP contribution in [0.1, 0.15) is 26.2 Å². The summed E-state index contributed by atoms with van der Waals surface area (Å²) >= 11 is 0. The highest BCUT2D eigenvalue weighted by Gasteiger charge is 2.00. The maximum absolute atomic E-state index is 11.2. The van der Waals surface area contributed by atoms with Gasteiger partial charge in [0.05, 0.1) is 7.11 Å². The number of allylic oxidation sites excluding steroid dienone is 3. The summed E-state index contributed by atoms with van der Waals surface area (Å²) in [4.78, 5) is 15.9. The second kappa shape index (κ2) is 8.51. The molecular weight excluding hydrogens is 178 g/mol. The molecule has 0 radical (unpaired) electrons. The standard InChI is InChI=1S/C11H19NO2/c1-4-5-6-7-8-9-10-11(13)12(2)14-3/h5-6,9-10H,4,7-8H2,1-3H3. The van der Waals surface area contributed by atoms with Crippen LogP contribution in [0.3, 0.4) is 0 Å². The van der Waals surface area contributed by atoms with E-state index in [4.69, 9.17) is 4.84 Å². The van der Waals surface area contributed by atoms with Gasteiger partial charge in [0, 0.05) is 13.1 Å². The molecule has 0 atom stereocenters. The van der Waals surface area contributed by atoms with Gasteiger partial charge in [0.15, 0.2) is 0 Å². The van der Waals surface area contributed by atoms with Gasteiger partial charge in [-0.2, -0.15) is 0 Å². The minimum Gasteiger partial charge on any atom is -0.274 e. The fourth-order valence-electron chi connectivity index (χ4n) is 0.856. The molecule has 0 spiro atoms. The third-order valence-electron chi connectivity index (χ3n) is 1.75. The van der Waals surface area contributed by atoms with Crippen molar-refractivity contribution in [2.75, 3.05) is 14.2 Å². The molecule has 0 heterocycles. The number of carbonyl (C=O) groups excluding carboxylic acids is 1. The first-order valence-electron chi connectivity index (χ1n) is 4.85. The Kier molecular flexibility index (Phi) is 7.84. The largest absolute Gasteiger partial charge is 0.274 e. The van der Waals surface area contributed by atoms with Crippen LogP contribution in [-0.4, -0.2) is 25.1 Å². The van der Waals surface area contributed by atoms with Gasteiger partial charge in [-0.25, -0.2) is 5.06 Å². The maximum atomic E-state index is 11.2. The molecule has 0 saturated carbocycles. The molecule has 3 heteroatoms. The molecule has 0 rings (SSSR count). The lowest BCUT2D eigenvalue weighted by atomic mass is 10.2. The van der Waals surface area contributed by atoms with Crippen molar-refractivity contribution < 1.29 is 9.63 Å². The minimum atomic E-state index is -0.132. The zero-order valence-corrected chi connectivity index (χ0v) is 9.19. The lowest BCUT2D eigenvalue weighted by molar-refractivity contribution is -0.162. The number of carbonyl (C=O) groups is 1. The molecule has 0 saturated heterocycles. The van der Waals surface area contributed by atoms with Crippen molar-refractivity contribution in [2.45, 2.75) is 26.2 Å². The highest BCUT2D eigenvalue weighted by Crippen LogP contribution is 1.95. The molecule has 0 aromatic heterocycles. The van der Waals surface area contributed by atoms with Gasteiger partial charge in [-0.3, -0.25) is 9.63 Å². The lowest BCUT2D eigenvalue weighted by Crippen LogP contribution is -2.22. The Morgan fingerprint density at radius 2 is 1.93 bits per heavy atom. The number of rotatable bonds is 6. The topological polar surface area (TPSA) is 29.5 Å². The summed E-state index contributed by atoms with van der Waals surface area (Å²) in [5.74, 6) is -0.132. The Balaban J connectivity index is 3.62. The monoisotopic (exact) mass is 197 g/mol. The van der Waals surface area contributed by atoms with Gasteiger partial charge in [0.25, 0.3) is 5.91 Å². The number of hydroxylamine groups is 2. The molecular formula is C11H19NO2. The predicted molar refractivity (Wildman–Crippen MR) is 57.6 cm³/mol. The molecule has 0 aromatic rings. The Morgan fingerprint density at radius 1 is 1.29 bits per heavy atom. The van der Waals surface area contributed by atoms with Crippen molar-refractivity contribution in [3.63, 3.8) is 0 Å². The van der Waals surface area contributed by atoms with Crippen molar-refractivity contribution in [1.29, 1.82) is 0 Å². The van der Waals surface area contributed by atoms with Gasteiger partial charge in [-0.1, -0.05) is 25.2 Å². The third kappa shape index (κ3) is 6.43. The average Bonchev–Trinajstić information content (AvgIpc) is 2.21. The average molecular weight is 197 g/mol. The van der Waals surface area contributed by atoms with Crippen LogP contribution < -0.4 is 0 Å². The maximum Gasteiger partial charge on any atom is 0.269 e. The second-order valence-electron chi connectivity index (χ2n) is 2.88. The van der Waals surface area contributed by atoms with E-state index in [1.165, 1.54) is 18.2 Å². The number of likely N-dealkylation sites (N-methyl/N-ethyl adjacent to an activating group) is 1. The van der Waals surface area contributed by atoms with Crippen LogP contribution in [0.5, 0.6) is 0 Å². The van der Waals surface area contributed by atoms with E-state index in [1.54, 1.807) is 7.05 Å². The van der Waals surface area contributed by atoms with E-state index in [2.05, 4.69) is 19.1 Å². The van der Waals surface area contributed by atoms with Gasteiger partial charge in [0.1, 0.15) is 0 Å². The molecule has 1 amide bonds. The molecule has 14 heavy (non-hydrogen) atoms. The predicted octanol–water partition coefficient (Wildman–Crippen LogP) is 2.31. The number of amides is 1. The van der Waals surface area contributed by atoms with Crippen LogP contribution in [0.25, 0.3) is 0 Å². The molecule has 0 bridgehead atoms. The summed E-state index contributed by atoms with van der Waals surface area (Å²) in [5.41, 5.74) is 0. The van der Waals surface area contributed by atoms with E-state index in [1.807, 2.05) is 6.08 Å². The first-order valence-corrected chi connectivity index (χ1v) is 4.85. The SMILES string of the molecule is CCC=CCCC=CC(=O)N(C)OC. The van der Waals surface area contributed by atoms with E-state index in [9.17, 15) is 4.79 Å². The summed E-state index contributed by atoms with van der Waals surface area (Å²) in [6.45, 7) is 2.10. The first-order chi connectivity index (χ1) is 6.72. The molecule has 0 aliphatic rings. The second-order valence-corrected chi connectivity index (χ2v) is 2.88. The van der Waals surface area contributed by atoms with Crippen molar-refractivity contribution >= 4 is 5.91 Å². The van der Waals surface area contributed by atoms with Crippen molar-refractivity contribution in [3.05, 3.63) is 24.3 Å². The Labute approximate surface area is 86.0 Å². The highest BCUT2D eigenvalue weighted by atomic mass is 16.7. The molecule has 0 aromatic carbocycles. The normalized spacial score (nSPS) is 11.4. The molecule has 0 aliphatic carbocycles. The molecule has 0 unspecified atom stereocenters. The lowest BCUT2D eigenvalue weighted by Gasteiger charge is -2.09. The smallest absolute Gasteiger partial charge is 0.269 e. The number of unbranched alkanes of at least 4 members (excludes halogenated alkanes) is 1. The Bertz CT molecular complexity index is 209. The quantitative estimate of drug-likeness (QED) is 0.283. The van der Waals surface area contributed by atoms with Crippen LogP contribution in [-0.2, 0) is 9.63 Å². The minimum absolute atomic E-state index is 0.132. The van der Waals surface area contributed by atoms with Gasteiger partial charge in [-0.15, -0.1) is 0 Å². The summed E-state index contributed by atoms with van der Waals surface area (Å²) in [7, 11) is 3.05. The Hall–Kier alpha value is -1.09. The van der Waals surface area contributed by atoms with E-state index in [0.29, 0.717) is 0 Å². The molecule has 3 nitrogen and oxygen atoms in total. The molecule has 80 valence electrons. The van der Waals surface area contributed by atoms with E-state index in [-0.39, 0.29) is 5.91 Å². The third-order valence-corrected chi connectivity index (χ3v) is 1.75. The summed E-state index contributed by atoms with van der Waals surface area (Å²) < 4.78 is 0. The van der Waals surface area contributed by atoms with Crippen LogP contribution in [0.15, 0.2) is 24.3 Å². The fraction of sp³-hybridized carbons (Fsp3) is 0.545. The number of hydrogen-bond donors (Lipinski definition) is 0. The summed E-state index contributed by atoms with van der Waals surface area (Å²) in [6, 6.07) is 0. The zero-order valence-electron chi connectivity index (χ0n) is 9.19. The Morgan fingerprint density at radius 3 is 2.50 bits per heavy atom. The van der Waals surface area contributed by atoms with Crippen LogP contribution in [0.2, 0.25) is 0 Å². The molecule has 0 aliphatic heterocycles. The number of nitrogens with zero attached hydrogens (tertiary/aromatic N) is 1. The molecule has 0 fully saturated rings. The summed E-state index contributed by atoms with van der Waals surface area (Å²) in [5, 5.41) is 1.19. The molecule has 0 N–H and O–H groups in total. The number of hydrogen-bond acceptors (Lipinski definition) is 2. The van der Waals surface area contributed by atoms with Gasteiger partial charge in [-0.05, 0) is 19.3 Å². The van der Waals surface area contributed by atoms with E-state index < -0.39 is 0 Å². The first kappa shape index (κ1) is 12.9. The van der Waals surface area contributed by atoms with Gasteiger partial charge >= 0.3 is 0 Å². The summed E-state index contributed by atoms with van der Waals surface area (Å²) in [6.07, 6.45) is 10.6. The fourth-order valence-corrected chi connectivity index (χ4v) is 0.856. The van der Waals surface area contributed by atoms with Crippen LogP contribution in [0, 0.1) is 0 Å². The van der Waals surface area contributed by atoms with Crippen molar-refractivity contribution in [2.24, 2.45) is 0 Å². The van der Waals surface area contributed by atoms with Crippen LogP contribution in [0.4, 0.5) is 0 Å². The van der Waals surface area contributed by atoms with Gasteiger partial charge < -0.3 is 0 Å². The van der Waals surface area contributed by atoms with Gasteiger partial charge in [0.2, 0.25) is 0 Å². The highest BCUT2D eigenvalue weighted by molar-refractivity contribution is 5.86. The van der Waals surface area contributed by atoms with E-state index >= 15 is 0 Å². The van der Waals surface area contributed by atoms with Crippen LogP contribution >= 0.6 is 0 Å². The van der Waals surface area contributed by atoms with Crippen molar-refractivity contribution in [3.8, 4) is 0 Å².